The summed E-state index contributed by atoms with van der Waals surface area (Å²) in [6, 6.07) is 7.90. The van der Waals surface area contributed by atoms with Gasteiger partial charge in [-0.25, -0.2) is 4.79 Å². The van der Waals surface area contributed by atoms with Crippen LogP contribution in [0.4, 0.5) is 4.79 Å². The number of carbonyl (C=O) groups is 1. The zero-order chi connectivity index (χ0) is 20.5. The van der Waals surface area contributed by atoms with Crippen molar-refractivity contribution in [2.45, 2.75) is 38.5 Å². The number of methoxy groups -OCH3 is 1. The molecule has 1 fully saturated rings. The summed E-state index contributed by atoms with van der Waals surface area (Å²) < 4.78 is 16.2. The fourth-order valence-corrected chi connectivity index (χ4v) is 3.39. The van der Waals surface area contributed by atoms with Gasteiger partial charge in [-0.1, -0.05) is 17.3 Å². The molecule has 1 aromatic carbocycles. The maximum absolute atomic E-state index is 12.3. The lowest BCUT2D eigenvalue weighted by Crippen LogP contribution is -2.45. The molecule has 0 spiro atoms. The Labute approximate surface area is 171 Å². The van der Waals surface area contributed by atoms with Gasteiger partial charge in [0.25, 0.3) is 0 Å². The molecule has 2 amide bonds. The van der Waals surface area contributed by atoms with E-state index in [1.807, 2.05) is 36.1 Å². The van der Waals surface area contributed by atoms with Crippen LogP contribution < -0.4 is 10.1 Å². The van der Waals surface area contributed by atoms with E-state index in [0.717, 1.165) is 37.1 Å². The smallest absolute Gasteiger partial charge is 0.317 e. The lowest BCUT2D eigenvalue weighted by atomic mass is 9.98. The van der Waals surface area contributed by atoms with E-state index < -0.39 is 0 Å². The first-order valence-electron chi connectivity index (χ1n) is 10.2. The summed E-state index contributed by atoms with van der Waals surface area (Å²) in [6.45, 7) is 5.12. The lowest BCUT2D eigenvalue weighted by Gasteiger charge is -2.31. The number of likely N-dealkylation sites (tertiary alicyclic amines) is 1. The number of benzene rings is 1. The third kappa shape index (κ3) is 6.45. The largest absolute Gasteiger partial charge is 0.493 e. The van der Waals surface area contributed by atoms with Crippen molar-refractivity contribution in [3.63, 3.8) is 0 Å². The molecule has 1 atom stereocenters. The van der Waals surface area contributed by atoms with E-state index in [1.165, 1.54) is 0 Å². The number of ether oxygens (including phenoxy) is 2. The van der Waals surface area contributed by atoms with E-state index in [1.54, 1.807) is 7.11 Å². The van der Waals surface area contributed by atoms with Gasteiger partial charge in [0.15, 0.2) is 5.82 Å². The molecule has 3 rings (SSSR count). The van der Waals surface area contributed by atoms with Crippen molar-refractivity contribution >= 4 is 6.03 Å². The minimum atomic E-state index is -0.0444. The molecule has 1 saturated heterocycles. The molecule has 0 bridgehead atoms. The molecule has 0 radical (unpaired) electrons. The second-order valence-corrected chi connectivity index (χ2v) is 7.33. The van der Waals surface area contributed by atoms with Gasteiger partial charge in [-0.2, -0.15) is 4.98 Å². The van der Waals surface area contributed by atoms with Gasteiger partial charge in [0.2, 0.25) is 5.89 Å². The molecule has 1 aliphatic rings. The zero-order valence-corrected chi connectivity index (χ0v) is 17.2. The van der Waals surface area contributed by atoms with Crippen LogP contribution in [0, 0.1) is 6.92 Å². The number of nitrogens with one attached hydrogen (secondary N) is 1. The molecule has 158 valence electrons. The Morgan fingerprint density at radius 1 is 1.38 bits per heavy atom. The Morgan fingerprint density at radius 3 is 3.10 bits per heavy atom. The van der Waals surface area contributed by atoms with E-state index in [4.69, 9.17) is 14.0 Å². The number of rotatable bonds is 9. The van der Waals surface area contributed by atoms with Crippen LogP contribution in [0.15, 0.2) is 28.8 Å². The highest BCUT2D eigenvalue weighted by Gasteiger charge is 2.28. The number of amides is 2. The fraction of sp³-hybridized carbons (Fsp3) is 0.571. The van der Waals surface area contributed by atoms with Gasteiger partial charge in [0, 0.05) is 39.8 Å². The highest BCUT2D eigenvalue weighted by atomic mass is 16.5. The summed E-state index contributed by atoms with van der Waals surface area (Å²) in [5.41, 5.74) is 1.16. The number of hydrogen-bond donors (Lipinski definition) is 1. The molecule has 8 nitrogen and oxygen atoms in total. The average Bonchev–Trinajstić information content (AvgIpc) is 3.20. The Kier molecular flexibility index (Phi) is 7.86. The summed E-state index contributed by atoms with van der Waals surface area (Å²) in [7, 11) is 1.66. The fourth-order valence-electron chi connectivity index (χ4n) is 3.39. The lowest BCUT2D eigenvalue weighted by molar-refractivity contribution is 0.168. The van der Waals surface area contributed by atoms with E-state index in [9.17, 15) is 4.79 Å². The Hall–Kier alpha value is -2.61. The number of piperidine rings is 1. The highest BCUT2D eigenvalue weighted by molar-refractivity contribution is 5.74. The van der Waals surface area contributed by atoms with Crippen LogP contribution in [0.3, 0.4) is 0 Å². The maximum Gasteiger partial charge on any atom is 0.317 e. The molecule has 1 unspecified atom stereocenters. The molecule has 2 aromatic rings. The van der Waals surface area contributed by atoms with Crippen LogP contribution in [-0.4, -0.2) is 61.0 Å². The van der Waals surface area contributed by atoms with Crippen LogP contribution in [0.1, 0.15) is 42.5 Å². The summed E-state index contributed by atoms with van der Waals surface area (Å²) in [5, 5.41) is 7.02. The van der Waals surface area contributed by atoms with E-state index in [2.05, 4.69) is 15.5 Å². The van der Waals surface area contributed by atoms with Crippen LogP contribution in [0.2, 0.25) is 0 Å². The zero-order valence-electron chi connectivity index (χ0n) is 17.2. The van der Waals surface area contributed by atoms with E-state index in [-0.39, 0.29) is 11.9 Å². The first-order chi connectivity index (χ1) is 14.2. The van der Waals surface area contributed by atoms with Crippen LogP contribution in [0.25, 0.3) is 0 Å². The van der Waals surface area contributed by atoms with Gasteiger partial charge >= 0.3 is 6.03 Å². The third-order valence-corrected chi connectivity index (χ3v) is 4.93. The average molecular weight is 402 g/mol. The van der Waals surface area contributed by atoms with Crippen LogP contribution in [-0.2, 0) is 11.2 Å². The second kappa shape index (κ2) is 10.8. The van der Waals surface area contributed by atoms with E-state index >= 15 is 0 Å². The van der Waals surface area contributed by atoms with Crippen molar-refractivity contribution in [3.8, 4) is 5.75 Å². The SMILES string of the molecule is COCCCNC(=O)N1CCCC(c2nc(CCOc3cccc(C)c3)no2)C1. The summed E-state index contributed by atoms with van der Waals surface area (Å²) in [5.74, 6) is 2.15. The maximum atomic E-state index is 12.3. The van der Waals surface area contributed by atoms with Crippen molar-refractivity contribution in [1.29, 1.82) is 0 Å². The van der Waals surface area contributed by atoms with Crippen molar-refractivity contribution in [2.75, 3.05) is 40.0 Å². The van der Waals surface area contributed by atoms with Crippen molar-refractivity contribution in [2.24, 2.45) is 0 Å². The van der Waals surface area contributed by atoms with Gasteiger partial charge in [-0.15, -0.1) is 0 Å². The summed E-state index contributed by atoms with van der Waals surface area (Å²) in [6.07, 6.45) is 3.24. The molecular formula is C21H30N4O4. The van der Waals surface area contributed by atoms with E-state index in [0.29, 0.717) is 44.4 Å². The second-order valence-electron chi connectivity index (χ2n) is 7.33. The number of aryl methyl sites for hydroxylation is 1. The van der Waals surface area contributed by atoms with Gasteiger partial charge in [0.05, 0.1) is 12.5 Å². The summed E-state index contributed by atoms with van der Waals surface area (Å²) >= 11 is 0. The standard InChI is InChI=1S/C21H30N4O4/c1-16-6-3-8-18(14-16)28-13-9-19-23-20(29-24-19)17-7-4-11-25(15-17)21(26)22-10-5-12-27-2/h3,6,8,14,17H,4-5,7,9-13,15H2,1-2H3,(H,22,26). The number of nitrogens with zero attached hydrogens (tertiary/aromatic N) is 3. The monoisotopic (exact) mass is 402 g/mol. The number of aromatic nitrogens is 2. The van der Waals surface area contributed by atoms with Crippen molar-refractivity contribution in [1.82, 2.24) is 20.4 Å². The topological polar surface area (TPSA) is 89.7 Å². The first-order valence-corrected chi connectivity index (χ1v) is 10.2. The molecule has 1 aromatic heterocycles. The molecule has 0 saturated carbocycles. The quantitative estimate of drug-likeness (QED) is 0.649. The third-order valence-electron chi connectivity index (χ3n) is 4.93. The normalized spacial score (nSPS) is 16.6. The molecule has 29 heavy (non-hydrogen) atoms. The van der Waals surface area contributed by atoms with Crippen LogP contribution >= 0.6 is 0 Å². The number of urea groups is 1. The Balaban J connectivity index is 1.45. The van der Waals surface area contributed by atoms with Gasteiger partial charge in [-0.3, -0.25) is 0 Å². The number of carbonyl (C=O) groups excluding carboxylic acids is 1. The van der Waals surface area contributed by atoms with Crippen molar-refractivity contribution < 1.29 is 18.8 Å². The minimum Gasteiger partial charge on any atom is -0.493 e. The minimum absolute atomic E-state index is 0.0444. The van der Waals surface area contributed by atoms with Gasteiger partial charge < -0.3 is 24.2 Å². The Bertz CT molecular complexity index is 780. The van der Waals surface area contributed by atoms with Crippen molar-refractivity contribution in [3.05, 3.63) is 41.5 Å². The first kappa shape index (κ1) is 21.1. The highest BCUT2D eigenvalue weighted by Crippen LogP contribution is 2.25. The summed E-state index contributed by atoms with van der Waals surface area (Å²) in [4.78, 5) is 18.7. The van der Waals surface area contributed by atoms with Gasteiger partial charge in [-0.05, 0) is 43.9 Å². The molecule has 8 heteroatoms. The molecule has 1 aliphatic heterocycles. The molecule has 2 heterocycles. The molecular weight excluding hydrogens is 372 g/mol. The predicted octanol–water partition coefficient (Wildman–Crippen LogP) is 2.93. The molecule has 1 N–H and O–H groups in total. The predicted molar refractivity (Wildman–Crippen MR) is 108 cm³/mol. The van der Waals surface area contributed by atoms with Crippen LogP contribution in [0.5, 0.6) is 5.75 Å². The Morgan fingerprint density at radius 2 is 2.28 bits per heavy atom. The molecule has 0 aliphatic carbocycles. The number of hydrogen-bond acceptors (Lipinski definition) is 6. The van der Waals surface area contributed by atoms with Gasteiger partial charge in [0.1, 0.15) is 5.75 Å².